The molecule has 0 bridgehead atoms. The fourth-order valence-corrected chi connectivity index (χ4v) is 2.62. The Morgan fingerprint density at radius 1 is 1.64 bits per heavy atom. The van der Waals surface area contributed by atoms with Crippen molar-refractivity contribution in [3.63, 3.8) is 0 Å². The lowest BCUT2D eigenvalue weighted by molar-refractivity contribution is 0.154. The predicted molar refractivity (Wildman–Crippen MR) is 58.7 cm³/mol. The van der Waals surface area contributed by atoms with Crippen LogP contribution in [0, 0.1) is 6.92 Å². The summed E-state index contributed by atoms with van der Waals surface area (Å²) in [5.41, 5.74) is 6.74. The molecule has 3 N–H and O–H groups in total. The zero-order valence-corrected chi connectivity index (χ0v) is 9.05. The van der Waals surface area contributed by atoms with Crippen LogP contribution in [-0.4, -0.2) is 28.7 Å². The Hall–Kier alpha value is -0.810. The van der Waals surface area contributed by atoms with E-state index in [1.807, 2.05) is 6.92 Å². The average molecular weight is 213 g/mol. The molecule has 78 valence electrons. The van der Waals surface area contributed by atoms with Crippen molar-refractivity contribution in [2.75, 3.05) is 23.7 Å². The molecule has 0 amide bonds. The summed E-state index contributed by atoms with van der Waals surface area (Å²) < 4.78 is 4.11. The van der Waals surface area contributed by atoms with E-state index in [9.17, 15) is 5.11 Å². The number of aliphatic hydroxyl groups excluding tert-OH is 1. The second-order valence-electron chi connectivity index (χ2n) is 3.74. The first-order chi connectivity index (χ1) is 6.68. The van der Waals surface area contributed by atoms with Gasteiger partial charge < -0.3 is 15.7 Å². The number of β-amino-alcohol motifs (C(OH)–C–C–N with tert-alkyl or cyclic N) is 1. The molecule has 1 aliphatic rings. The summed E-state index contributed by atoms with van der Waals surface area (Å²) >= 11 is 1.42. The fourth-order valence-electron chi connectivity index (χ4n) is 1.77. The van der Waals surface area contributed by atoms with Crippen molar-refractivity contribution in [2.45, 2.75) is 25.9 Å². The molecule has 1 saturated heterocycles. The summed E-state index contributed by atoms with van der Waals surface area (Å²) in [6.07, 6.45) is 1.74. The summed E-state index contributed by atoms with van der Waals surface area (Å²) in [4.78, 5) is 2.18. The van der Waals surface area contributed by atoms with Gasteiger partial charge in [-0.1, -0.05) is 0 Å². The third-order valence-corrected chi connectivity index (χ3v) is 3.64. The summed E-state index contributed by atoms with van der Waals surface area (Å²) in [6.45, 7) is 3.69. The molecule has 14 heavy (non-hydrogen) atoms. The number of aliphatic hydroxyl groups is 1. The molecule has 1 aromatic rings. The zero-order chi connectivity index (χ0) is 10.1. The van der Waals surface area contributed by atoms with E-state index in [0.29, 0.717) is 12.4 Å². The molecule has 4 nitrogen and oxygen atoms in total. The van der Waals surface area contributed by atoms with Gasteiger partial charge in [0.25, 0.3) is 0 Å². The molecule has 1 atom stereocenters. The molecule has 1 unspecified atom stereocenters. The van der Waals surface area contributed by atoms with Crippen LogP contribution in [0.1, 0.15) is 18.4 Å². The first-order valence-electron chi connectivity index (χ1n) is 4.83. The lowest BCUT2D eigenvalue weighted by Crippen LogP contribution is -2.38. The Kier molecular flexibility index (Phi) is 2.60. The van der Waals surface area contributed by atoms with Gasteiger partial charge in [-0.3, -0.25) is 0 Å². The second-order valence-corrected chi connectivity index (χ2v) is 4.49. The number of hydrogen-bond acceptors (Lipinski definition) is 5. The van der Waals surface area contributed by atoms with Crippen molar-refractivity contribution >= 4 is 22.4 Å². The van der Waals surface area contributed by atoms with Crippen LogP contribution < -0.4 is 10.6 Å². The Labute approximate surface area is 87.5 Å². The molecule has 1 aliphatic heterocycles. The summed E-state index contributed by atoms with van der Waals surface area (Å²) in [7, 11) is 0. The molecule has 1 fully saturated rings. The van der Waals surface area contributed by atoms with Crippen LogP contribution in [0.4, 0.5) is 10.8 Å². The number of aromatic nitrogens is 1. The molecule has 0 aliphatic carbocycles. The highest BCUT2D eigenvalue weighted by Gasteiger charge is 2.21. The van der Waals surface area contributed by atoms with E-state index in [1.54, 1.807) is 0 Å². The molecule has 5 heteroatoms. The van der Waals surface area contributed by atoms with Crippen molar-refractivity contribution < 1.29 is 5.11 Å². The van der Waals surface area contributed by atoms with E-state index in [-0.39, 0.29) is 6.10 Å². The lowest BCUT2D eigenvalue weighted by Gasteiger charge is -2.30. The highest BCUT2D eigenvalue weighted by Crippen LogP contribution is 2.31. The lowest BCUT2D eigenvalue weighted by atomic mass is 10.1. The van der Waals surface area contributed by atoms with Gasteiger partial charge in [0.15, 0.2) is 0 Å². The number of hydrogen-bond donors (Lipinski definition) is 2. The van der Waals surface area contributed by atoms with Crippen LogP contribution in [-0.2, 0) is 0 Å². The van der Waals surface area contributed by atoms with Gasteiger partial charge >= 0.3 is 0 Å². The van der Waals surface area contributed by atoms with Gasteiger partial charge in [-0.05, 0) is 31.3 Å². The van der Waals surface area contributed by atoms with Gasteiger partial charge in [-0.2, -0.15) is 4.37 Å². The first-order valence-corrected chi connectivity index (χ1v) is 5.60. The Balaban J connectivity index is 2.18. The third kappa shape index (κ3) is 1.69. The van der Waals surface area contributed by atoms with Gasteiger partial charge in [-0.25, -0.2) is 0 Å². The van der Waals surface area contributed by atoms with Crippen LogP contribution in [0.5, 0.6) is 0 Å². The molecule has 1 aromatic heterocycles. The molecule has 2 heterocycles. The minimum absolute atomic E-state index is 0.202. The Morgan fingerprint density at radius 3 is 3.00 bits per heavy atom. The number of nitrogens with zero attached hydrogens (tertiary/aromatic N) is 2. The molecule has 0 aromatic carbocycles. The predicted octanol–water partition coefficient (Wildman–Crippen LogP) is 0.995. The number of piperidine rings is 1. The maximum atomic E-state index is 9.55. The smallest absolute Gasteiger partial charge is 0.142 e. The molecule has 0 saturated carbocycles. The van der Waals surface area contributed by atoms with Crippen molar-refractivity contribution in [3.05, 3.63) is 5.56 Å². The zero-order valence-electron chi connectivity index (χ0n) is 8.23. The number of anilines is 2. The Morgan fingerprint density at radius 2 is 2.43 bits per heavy atom. The number of nitrogen functional groups attached to an aromatic ring is 1. The van der Waals surface area contributed by atoms with Gasteiger partial charge in [0, 0.05) is 18.7 Å². The van der Waals surface area contributed by atoms with Crippen LogP contribution >= 0.6 is 11.5 Å². The summed E-state index contributed by atoms with van der Waals surface area (Å²) in [6, 6.07) is 0. The van der Waals surface area contributed by atoms with Gasteiger partial charge in [-0.15, -0.1) is 0 Å². The van der Waals surface area contributed by atoms with Crippen molar-refractivity contribution in [2.24, 2.45) is 0 Å². The van der Waals surface area contributed by atoms with E-state index in [0.717, 1.165) is 30.0 Å². The van der Waals surface area contributed by atoms with Gasteiger partial charge in [0.1, 0.15) is 10.8 Å². The van der Waals surface area contributed by atoms with E-state index in [1.165, 1.54) is 11.5 Å². The highest BCUT2D eigenvalue weighted by molar-refractivity contribution is 7.10. The molecular formula is C9H15N3OS. The maximum absolute atomic E-state index is 9.55. The standard InChI is InChI=1S/C9H15N3OS/c1-6-8(10)11-14-9(6)12-4-2-3-7(13)5-12/h7,13H,2-5H2,1H3,(H2,10,11). The normalized spacial score (nSPS) is 22.7. The van der Waals surface area contributed by atoms with Crippen LogP contribution in [0.3, 0.4) is 0 Å². The van der Waals surface area contributed by atoms with Crippen molar-refractivity contribution in [1.29, 1.82) is 0 Å². The molecular weight excluding hydrogens is 198 g/mol. The summed E-state index contributed by atoms with van der Waals surface area (Å²) in [5, 5.41) is 10.7. The van der Waals surface area contributed by atoms with E-state index in [2.05, 4.69) is 9.27 Å². The van der Waals surface area contributed by atoms with Crippen LogP contribution in [0.15, 0.2) is 0 Å². The SMILES string of the molecule is Cc1c(N)nsc1N1CCCC(O)C1. The minimum Gasteiger partial charge on any atom is -0.391 e. The molecule has 0 spiro atoms. The number of rotatable bonds is 1. The molecule has 2 rings (SSSR count). The van der Waals surface area contributed by atoms with E-state index in [4.69, 9.17) is 5.73 Å². The third-order valence-electron chi connectivity index (χ3n) is 2.62. The topological polar surface area (TPSA) is 62.4 Å². The quantitative estimate of drug-likeness (QED) is 0.730. The van der Waals surface area contributed by atoms with Gasteiger partial charge in [0.05, 0.1) is 6.10 Å². The van der Waals surface area contributed by atoms with Crippen LogP contribution in [0.2, 0.25) is 0 Å². The van der Waals surface area contributed by atoms with Crippen molar-refractivity contribution in [1.82, 2.24) is 4.37 Å². The maximum Gasteiger partial charge on any atom is 0.142 e. The average Bonchev–Trinajstić information content (AvgIpc) is 2.48. The van der Waals surface area contributed by atoms with Gasteiger partial charge in [0.2, 0.25) is 0 Å². The number of nitrogens with two attached hydrogens (primary N) is 1. The summed E-state index contributed by atoms with van der Waals surface area (Å²) in [5.74, 6) is 0.616. The van der Waals surface area contributed by atoms with Crippen LogP contribution in [0.25, 0.3) is 0 Å². The van der Waals surface area contributed by atoms with E-state index < -0.39 is 0 Å². The highest BCUT2D eigenvalue weighted by atomic mass is 32.1. The second kappa shape index (κ2) is 3.74. The largest absolute Gasteiger partial charge is 0.391 e. The Bertz CT molecular complexity index is 326. The first kappa shape index (κ1) is 9.73. The van der Waals surface area contributed by atoms with E-state index >= 15 is 0 Å². The monoisotopic (exact) mass is 213 g/mol. The van der Waals surface area contributed by atoms with Crippen molar-refractivity contribution in [3.8, 4) is 0 Å². The fraction of sp³-hybridized carbons (Fsp3) is 0.667. The molecule has 0 radical (unpaired) electrons. The minimum atomic E-state index is -0.202.